The molecule has 1 saturated heterocycles. The van der Waals surface area contributed by atoms with Gasteiger partial charge in [0.1, 0.15) is 0 Å². The van der Waals surface area contributed by atoms with Crippen molar-refractivity contribution in [1.29, 1.82) is 0 Å². The molecular weight excluding hydrogens is 358 g/mol. The topological polar surface area (TPSA) is 37.4 Å². The maximum atomic E-state index is 13.6. The number of carbonyl (C=O) groups is 2. The largest absolute Gasteiger partial charge is 0.274 e. The van der Waals surface area contributed by atoms with Crippen LogP contribution >= 0.6 is 0 Å². The highest BCUT2D eigenvalue weighted by atomic mass is 16.2. The van der Waals surface area contributed by atoms with Gasteiger partial charge in [-0.2, -0.15) is 0 Å². The highest BCUT2D eigenvalue weighted by Gasteiger charge is 2.70. The third-order valence-electron chi connectivity index (χ3n) is 8.20. The molecule has 148 valence electrons. The zero-order valence-electron chi connectivity index (χ0n) is 17.5. The van der Waals surface area contributed by atoms with Gasteiger partial charge in [-0.3, -0.25) is 9.59 Å². The molecule has 6 atom stereocenters. The molecule has 3 nitrogen and oxygen atoms in total. The normalized spacial score (nSPS) is 36.5. The number of allylic oxidation sites excluding steroid dienone is 6. The van der Waals surface area contributed by atoms with E-state index in [2.05, 4.69) is 27.7 Å². The number of benzene rings is 1. The molecule has 6 rings (SSSR count). The van der Waals surface area contributed by atoms with E-state index in [1.807, 2.05) is 30.3 Å². The Labute approximate surface area is 172 Å². The fourth-order valence-electron chi connectivity index (χ4n) is 7.59. The van der Waals surface area contributed by atoms with E-state index in [9.17, 15) is 9.59 Å². The fourth-order valence-corrected chi connectivity index (χ4v) is 7.59. The molecule has 0 spiro atoms. The van der Waals surface area contributed by atoms with Crippen LogP contribution in [0.2, 0.25) is 0 Å². The molecule has 0 N–H and O–H groups in total. The van der Waals surface area contributed by atoms with Crippen LogP contribution in [0.5, 0.6) is 0 Å². The van der Waals surface area contributed by atoms with Gasteiger partial charge in [0.15, 0.2) is 0 Å². The van der Waals surface area contributed by atoms with Gasteiger partial charge in [-0.05, 0) is 52.7 Å². The Morgan fingerprint density at radius 1 is 0.759 bits per heavy atom. The lowest BCUT2D eigenvalue weighted by Gasteiger charge is -2.28. The molecule has 3 fully saturated rings. The lowest BCUT2D eigenvalue weighted by atomic mass is 9.72. The first-order chi connectivity index (χ1) is 13.9. The fraction of sp³-hybridized carbons (Fsp3) is 0.462. The summed E-state index contributed by atoms with van der Waals surface area (Å²) in [4.78, 5) is 28.7. The number of hydrogen-bond donors (Lipinski definition) is 0. The lowest BCUT2D eigenvalue weighted by Crippen LogP contribution is -2.33. The van der Waals surface area contributed by atoms with E-state index < -0.39 is 0 Å². The van der Waals surface area contributed by atoms with Gasteiger partial charge in [-0.1, -0.05) is 51.6 Å². The van der Waals surface area contributed by atoms with Crippen LogP contribution in [0.25, 0.3) is 0 Å². The minimum atomic E-state index is -0.200. The average molecular weight is 386 g/mol. The molecule has 4 bridgehead atoms. The molecule has 3 heteroatoms. The van der Waals surface area contributed by atoms with Gasteiger partial charge >= 0.3 is 0 Å². The van der Waals surface area contributed by atoms with Gasteiger partial charge in [0.05, 0.1) is 17.5 Å². The zero-order chi connectivity index (χ0) is 20.2. The summed E-state index contributed by atoms with van der Waals surface area (Å²) in [5.41, 5.74) is 9.57. The number of nitrogens with zero attached hydrogens (tertiary/aromatic N) is 1. The number of carbonyl (C=O) groups excluding carboxylic acids is 2. The summed E-state index contributed by atoms with van der Waals surface area (Å²) in [6, 6.07) is 9.49. The van der Waals surface area contributed by atoms with Gasteiger partial charge in [-0.15, -0.1) is 0 Å². The van der Waals surface area contributed by atoms with Gasteiger partial charge in [0.25, 0.3) is 0 Å². The highest BCUT2D eigenvalue weighted by Crippen LogP contribution is 2.72. The Morgan fingerprint density at radius 2 is 1.24 bits per heavy atom. The van der Waals surface area contributed by atoms with Crippen molar-refractivity contribution >= 4 is 17.5 Å². The van der Waals surface area contributed by atoms with Gasteiger partial charge in [0.2, 0.25) is 11.8 Å². The van der Waals surface area contributed by atoms with Crippen LogP contribution in [0.1, 0.15) is 40.5 Å². The number of anilines is 1. The Kier molecular flexibility index (Phi) is 3.36. The summed E-state index contributed by atoms with van der Waals surface area (Å²) < 4.78 is 0. The average Bonchev–Trinajstić information content (AvgIpc) is 3.45. The quantitative estimate of drug-likeness (QED) is 0.385. The van der Waals surface area contributed by atoms with Crippen molar-refractivity contribution in [3.8, 4) is 0 Å². The summed E-state index contributed by atoms with van der Waals surface area (Å²) in [5.74, 6) is 0.969. The maximum Gasteiger partial charge on any atom is 0.238 e. The van der Waals surface area contributed by atoms with E-state index in [1.54, 1.807) is 5.57 Å². The smallest absolute Gasteiger partial charge is 0.238 e. The van der Waals surface area contributed by atoms with Crippen LogP contribution in [-0.2, 0) is 9.59 Å². The number of fused-ring (bicyclic) bond motifs is 11. The third-order valence-corrected chi connectivity index (χ3v) is 8.20. The van der Waals surface area contributed by atoms with Gasteiger partial charge in [0, 0.05) is 23.7 Å². The molecule has 2 saturated carbocycles. The molecule has 4 aliphatic carbocycles. The summed E-state index contributed by atoms with van der Waals surface area (Å²) in [6.07, 6.45) is 2.43. The van der Waals surface area contributed by atoms with E-state index in [0.717, 1.165) is 5.69 Å². The second kappa shape index (κ2) is 5.59. The van der Waals surface area contributed by atoms with Crippen LogP contribution in [0.3, 0.4) is 0 Å². The maximum absolute atomic E-state index is 13.6. The molecule has 0 unspecified atom stereocenters. The lowest BCUT2D eigenvalue weighted by molar-refractivity contribution is -0.123. The van der Waals surface area contributed by atoms with Crippen molar-refractivity contribution in [2.75, 3.05) is 4.90 Å². The monoisotopic (exact) mass is 385 g/mol. The number of para-hydroxylation sites is 1. The summed E-state index contributed by atoms with van der Waals surface area (Å²) in [6.45, 7) is 8.82. The summed E-state index contributed by atoms with van der Waals surface area (Å²) >= 11 is 0. The van der Waals surface area contributed by atoms with E-state index in [1.165, 1.54) is 45.6 Å². The Bertz CT molecular complexity index is 1010. The molecule has 0 radical (unpaired) electrons. The number of hydrogen-bond acceptors (Lipinski definition) is 2. The Morgan fingerprint density at radius 3 is 1.69 bits per heavy atom. The summed E-state index contributed by atoms with van der Waals surface area (Å²) in [5, 5.41) is 0. The van der Waals surface area contributed by atoms with Crippen LogP contribution in [-0.4, -0.2) is 11.8 Å². The van der Waals surface area contributed by atoms with Crippen LogP contribution in [0.15, 0.2) is 63.8 Å². The van der Waals surface area contributed by atoms with Crippen molar-refractivity contribution in [2.24, 2.45) is 35.5 Å². The predicted octanol–water partition coefficient (Wildman–Crippen LogP) is 5.06. The molecule has 1 aliphatic heterocycles. The number of imide groups is 1. The minimum Gasteiger partial charge on any atom is -0.274 e. The van der Waals surface area contributed by atoms with Crippen molar-refractivity contribution in [3.63, 3.8) is 0 Å². The van der Waals surface area contributed by atoms with E-state index in [-0.39, 0.29) is 35.5 Å². The summed E-state index contributed by atoms with van der Waals surface area (Å²) in [7, 11) is 0. The second-order valence-corrected chi connectivity index (χ2v) is 9.86. The van der Waals surface area contributed by atoms with Crippen molar-refractivity contribution < 1.29 is 9.59 Å². The molecule has 0 aromatic heterocycles. The van der Waals surface area contributed by atoms with Gasteiger partial charge < -0.3 is 0 Å². The third kappa shape index (κ3) is 1.90. The van der Waals surface area contributed by atoms with Crippen LogP contribution < -0.4 is 4.90 Å². The first-order valence-electron chi connectivity index (χ1n) is 10.9. The Balaban J connectivity index is 1.51. The van der Waals surface area contributed by atoms with Crippen LogP contribution in [0, 0.1) is 35.5 Å². The van der Waals surface area contributed by atoms with Gasteiger partial charge in [-0.25, -0.2) is 4.90 Å². The molecule has 5 aliphatic rings. The predicted molar refractivity (Wildman–Crippen MR) is 113 cm³/mol. The first-order valence-corrected chi connectivity index (χ1v) is 10.9. The van der Waals surface area contributed by atoms with E-state index in [0.29, 0.717) is 11.8 Å². The van der Waals surface area contributed by atoms with Crippen molar-refractivity contribution in [2.45, 2.75) is 40.5 Å². The van der Waals surface area contributed by atoms with Crippen molar-refractivity contribution in [1.82, 2.24) is 0 Å². The SMILES string of the molecule is CC(C)=C1[C@H]2CC[C@H]1C1=C2[C@H]2C(=C(C)C)[C@H]1[C@H]1C(=O)N(c3ccccc3)C(=O)[C@H]21. The molecule has 29 heavy (non-hydrogen) atoms. The highest BCUT2D eigenvalue weighted by molar-refractivity contribution is 6.23. The van der Waals surface area contributed by atoms with Crippen molar-refractivity contribution in [3.05, 3.63) is 63.8 Å². The van der Waals surface area contributed by atoms with Crippen LogP contribution in [0.4, 0.5) is 5.69 Å². The van der Waals surface area contributed by atoms with E-state index >= 15 is 0 Å². The number of amides is 2. The molecular formula is C26H27NO2. The van der Waals surface area contributed by atoms with E-state index in [4.69, 9.17) is 0 Å². The zero-order valence-corrected chi connectivity index (χ0v) is 17.5. The minimum absolute atomic E-state index is 0.0190. The standard InChI is InChI=1S/C26H27NO2/c1-12(2)17-15-10-11-16(17)20-19(15)21-18(13(3)4)22(20)24-23(21)25(28)27(26(24)29)14-8-6-5-7-9-14/h5-9,15-16,21-24H,10-11H2,1-4H3/t15-,16-,21-,22-,23-,24-/m1/s1. The molecule has 1 aromatic rings. The number of rotatable bonds is 1. The molecule has 2 amide bonds. The Hall–Kier alpha value is -2.42. The molecule has 1 heterocycles. The second-order valence-electron chi connectivity index (χ2n) is 9.86. The molecule has 1 aromatic carbocycles. The first kappa shape index (κ1) is 17.4.